The fourth-order valence-corrected chi connectivity index (χ4v) is 11.8. The van der Waals surface area contributed by atoms with E-state index in [1.165, 1.54) is 18.4 Å². The van der Waals surface area contributed by atoms with Gasteiger partial charge < -0.3 is 29.7 Å². The van der Waals surface area contributed by atoms with Gasteiger partial charge in [0.15, 0.2) is 0 Å². The Morgan fingerprint density at radius 1 is 0.887 bits per heavy atom. The van der Waals surface area contributed by atoms with Crippen molar-refractivity contribution < 1.29 is 33.4 Å². The van der Waals surface area contributed by atoms with Gasteiger partial charge >= 0.3 is 0 Å². The van der Waals surface area contributed by atoms with E-state index < -0.39 is 0 Å². The Labute approximate surface area is 362 Å². The fourth-order valence-electron chi connectivity index (χ4n) is 11.8. The fraction of sp³-hybridized carbons (Fsp3) is 0.460. The maximum absolute atomic E-state index is 16.4. The minimum Gasteiger partial charge on any atom is -0.508 e. The van der Waals surface area contributed by atoms with Crippen molar-refractivity contribution in [3.63, 3.8) is 0 Å². The minimum absolute atomic E-state index is 0.00364. The number of carbonyl (C=O) groups excluding carboxylic acids is 3. The summed E-state index contributed by atoms with van der Waals surface area (Å²) >= 11 is 0. The average Bonchev–Trinajstić information content (AvgIpc) is 3.66. The summed E-state index contributed by atoms with van der Waals surface area (Å²) in [5.74, 6) is 2.22. The molecule has 11 rings (SSSR count). The first-order chi connectivity index (χ1) is 30.1. The number of fused-ring (bicyclic) bond motifs is 6. The van der Waals surface area contributed by atoms with Crippen LogP contribution < -0.4 is 29.9 Å². The number of benzene rings is 4. The molecule has 4 aromatic rings. The quantitative estimate of drug-likeness (QED) is 0.176. The number of carbonyl (C=O) groups is 3. The second-order valence-electron chi connectivity index (χ2n) is 18.6. The van der Waals surface area contributed by atoms with Crippen molar-refractivity contribution >= 4 is 29.1 Å². The molecule has 324 valence electrons. The van der Waals surface area contributed by atoms with Crippen LogP contribution in [-0.2, 0) is 22.6 Å². The van der Waals surface area contributed by atoms with E-state index in [1.54, 1.807) is 19.2 Å². The van der Waals surface area contributed by atoms with Crippen molar-refractivity contribution in [3.8, 4) is 17.2 Å². The monoisotopic (exact) mass is 841 g/mol. The highest BCUT2D eigenvalue weighted by Crippen LogP contribution is 2.55. The maximum Gasteiger partial charge on any atom is 0.252 e. The van der Waals surface area contributed by atoms with Gasteiger partial charge in [0.2, 0.25) is 11.8 Å². The molecule has 0 aromatic heterocycles. The number of piperidine rings is 2. The van der Waals surface area contributed by atoms with Crippen LogP contribution >= 0.6 is 0 Å². The number of anilines is 2. The minimum atomic E-state index is -0.186. The Hall–Kier alpha value is -5.62. The lowest BCUT2D eigenvalue weighted by Gasteiger charge is -2.54. The van der Waals surface area contributed by atoms with Gasteiger partial charge in [-0.05, 0) is 109 Å². The molecule has 0 bridgehead atoms. The zero-order valence-electron chi connectivity index (χ0n) is 35.5. The van der Waals surface area contributed by atoms with E-state index in [-0.39, 0.29) is 41.1 Å². The van der Waals surface area contributed by atoms with E-state index >= 15 is 4.39 Å². The van der Waals surface area contributed by atoms with Gasteiger partial charge in [-0.2, -0.15) is 0 Å². The smallest absolute Gasteiger partial charge is 0.252 e. The highest BCUT2D eigenvalue weighted by Gasteiger charge is 2.47. The van der Waals surface area contributed by atoms with E-state index in [0.717, 1.165) is 110 Å². The summed E-state index contributed by atoms with van der Waals surface area (Å²) in [6.07, 6.45) is 8.18. The van der Waals surface area contributed by atoms with Gasteiger partial charge in [0.05, 0.1) is 24.5 Å². The molecule has 3 N–H and O–H groups in total. The summed E-state index contributed by atoms with van der Waals surface area (Å²) in [5.41, 5.74) is 8.26. The van der Waals surface area contributed by atoms with Crippen LogP contribution in [0.5, 0.6) is 17.2 Å². The Bertz CT molecular complexity index is 2360. The number of aryl methyl sites for hydroxylation is 1. The predicted molar refractivity (Wildman–Crippen MR) is 235 cm³/mol. The number of methoxy groups -OCH3 is 1. The topological polar surface area (TPSA) is 124 Å². The van der Waals surface area contributed by atoms with E-state index in [0.29, 0.717) is 55.5 Å². The Morgan fingerprint density at radius 3 is 2.42 bits per heavy atom. The van der Waals surface area contributed by atoms with Crippen molar-refractivity contribution in [2.75, 3.05) is 62.8 Å². The Morgan fingerprint density at radius 2 is 1.68 bits per heavy atom. The van der Waals surface area contributed by atoms with E-state index in [4.69, 9.17) is 9.47 Å². The van der Waals surface area contributed by atoms with Crippen molar-refractivity contribution in [3.05, 3.63) is 112 Å². The Kier molecular flexibility index (Phi) is 10.8. The van der Waals surface area contributed by atoms with Crippen LogP contribution in [0.3, 0.4) is 0 Å². The first-order valence-electron chi connectivity index (χ1n) is 22.5. The van der Waals surface area contributed by atoms with Crippen LogP contribution in [0.1, 0.15) is 101 Å². The SMILES string of the molecule is COc1cc(N2CCC3(CC2)CC(CN2CCN4c5ccc6c(c5OCC4C2)CNC6=O)C3)c(F)cc1C1c2ccc(O)cc2CCC1c1ccccc1.O=C1CCCC(=O)N1. The summed E-state index contributed by atoms with van der Waals surface area (Å²) in [4.78, 5) is 40.2. The van der Waals surface area contributed by atoms with Crippen LogP contribution in [0.15, 0.2) is 72.8 Å². The van der Waals surface area contributed by atoms with Gasteiger partial charge in [-0.1, -0.05) is 36.4 Å². The van der Waals surface area contributed by atoms with Crippen molar-refractivity contribution in [1.29, 1.82) is 0 Å². The molecule has 12 heteroatoms. The van der Waals surface area contributed by atoms with Gasteiger partial charge in [-0.3, -0.25) is 24.6 Å². The summed E-state index contributed by atoms with van der Waals surface area (Å²) < 4.78 is 28.8. The first kappa shape index (κ1) is 40.5. The third-order valence-electron chi connectivity index (χ3n) is 14.9. The summed E-state index contributed by atoms with van der Waals surface area (Å²) in [6.45, 7) is 7.07. The third kappa shape index (κ3) is 7.64. The van der Waals surface area contributed by atoms with E-state index in [9.17, 15) is 19.5 Å². The molecule has 7 aliphatic rings. The number of ether oxygens (including phenoxy) is 2. The van der Waals surface area contributed by atoms with E-state index in [1.807, 2.05) is 30.3 Å². The van der Waals surface area contributed by atoms with Gasteiger partial charge in [-0.25, -0.2) is 4.39 Å². The number of phenols is 1. The summed E-state index contributed by atoms with van der Waals surface area (Å²) in [7, 11) is 1.70. The molecular weight excluding hydrogens is 786 g/mol. The molecule has 1 saturated carbocycles. The van der Waals surface area contributed by atoms with Gasteiger partial charge in [0, 0.05) is 87.3 Å². The molecule has 0 radical (unpaired) electrons. The molecule has 3 amide bonds. The second kappa shape index (κ2) is 16.6. The molecule has 62 heavy (non-hydrogen) atoms. The van der Waals surface area contributed by atoms with Crippen molar-refractivity contribution in [1.82, 2.24) is 15.5 Å². The van der Waals surface area contributed by atoms with Gasteiger partial charge in [0.1, 0.15) is 29.7 Å². The van der Waals surface area contributed by atoms with Crippen LogP contribution in [0, 0.1) is 17.2 Å². The lowest BCUT2D eigenvalue weighted by molar-refractivity contribution is -0.132. The molecule has 5 aliphatic heterocycles. The number of halogens is 1. The van der Waals surface area contributed by atoms with Gasteiger partial charge in [-0.15, -0.1) is 0 Å². The van der Waals surface area contributed by atoms with Crippen LogP contribution in [0.25, 0.3) is 0 Å². The molecule has 3 unspecified atom stereocenters. The number of rotatable bonds is 6. The van der Waals surface area contributed by atoms with Crippen molar-refractivity contribution in [2.45, 2.75) is 82.2 Å². The average molecular weight is 842 g/mol. The molecule has 2 aliphatic carbocycles. The zero-order valence-corrected chi connectivity index (χ0v) is 35.5. The standard InChI is InChI=1S/C45H49FN4O4.C5H7NO2/c1-53-41-21-40(38(46)20-36(41)42-33(29-5-3-2-4-6-29)9-7-30-19-32(51)8-10-34(30)42)49-15-13-45(14-16-49)22-28(23-45)25-48-17-18-50-31(26-48)27-54-43-37-24-47-44(52)35(37)11-12-39(43)50;7-4-2-1-3-5(8)6-4/h2-6,8,10-12,19-21,28,31,33,42,51H,7,9,13-18,22-27H2,1H3,(H,47,52);1-3H2,(H,6,7,8). The number of hydrogen-bond donors (Lipinski definition) is 3. The molecular formula is C50H56FN5O6. The molecule has 1 spiro atoms. The first-order valence-corrected chi connectivity index (χ1v) is 22.5. The zero-order chi connectivity index (χ0) is 42.5. The second-order valence-corrected chi connectivity index (χ2v) is 18.6. The number of piperazine rings is 1. The number of aromatic hydroxyl groups is 1. The van der Waals surface area contributed by atoms with E-state index in [2.05, 4.69) is 55.7 Å². The lowest BCUT2D eigenvalue weighted by Crippen LogP contribution is -2.59. The number of nitrogens with zero attached hydrogens (tertiary/aromatic N) is 3. The molecule has 5 heterocycles. The number of nitrogens with one attached hydrogen (secondary N) is 2. The number of imide groups is 1. The normalized spacial score (nSPS) is 24.0. The van der Waals surface area contributed by atoms with Crippen molar-refractivity contribution in [2.24, 2.45) is 11.3 Å². The largest absolute Gasteiger partial charge is 0.508 e. The highest BCUT2D eigenvalue weighted by molar-refractivity contribution is 6.00. The molecule has 4 aromatic carbocycles. The van der Waals surface area contributed by atoms with Crippen LogP contribution in [-0.4, -0.2) is 86.8 Å². The summed E-state index contributed by atoms with van der Waals surface area (Å²) in [6, 6.07) is 24.2. The van der Waals surface area contributed by atoms with Gasteiger partial charge in [0.25, 0.3) is 5.91 Å². The highest BCUT2D eigenvalue weighted by atomic mass is 19.1. The number of hydrogen-bond acceptors (Lipinski definition) is 9. The maximum atomic E-state index is 16.4. The molecule has 4 fully saturated rings. The summed E-state index contributed by atoms with van der Waals surface area (Å²) in [5, 5.41) is 15.4. The van der Waals surface area contributed by atoms with Crippen LogP contribution in [0.4, 0.5) is 15.8 Å². The van der Waals surface area contributed by atoms with Crippen LogP contribution in [0.2, 0.25) is 0 Å². The Balaban J connectivity index is 0.000000518. The predicted octanol–water partition coefficient (Wildman–Crippen LogP) is 7.04. The number of phenolic OH excluding ortho intramolecular Hbond substituents is 1. The molecule has 3 atom stereocenters. The lowest BCUT2D eigenvalue weighted by atomic mass is 9.57. The molecule has 11 nitrogen and oxygen atoms in total. The molecule has 3 saturated heterocycles. The number of amides is 3. The third-order valence-corrected chi connectivity index (χ3v) is 14.9.